The number of nitrogens with one attached hydrogen (secondary N) is 1. The van der Waals surface area contributed by atoms with E-state index in [2.05, 4.69) is 5.32 Å². The van der Waals surface area contributed by atoms with E-state index < -0.39 is 44.8 Å². The van der Waals surface area contributed by atoms with Crippen molar-refractivity contribution in [3.05, 3.63) is 57.5 Å². The van der Waals surface area contributed by atoms with Gasteiger partial charge in [0.05, 0.1) is 23.7 Å². The quantitative estimate of drug-likeness (QED) is 0.709. The van der Waals surface area contributed by atoms with E-state index in [0.29, 0.717) is 16.8 Å². The van der Waals surface area contributed by atoms with E-state index in [0.717, 1.165) is 0 Å². The minimum Gasteiger partial charge on any atom is -0.379 e. The average molecular weight is 480 g/mol. The first-order valence-corrected chi connectivity index (χ1v) is 10.8. The number of alkyl halides is 3. The van der Waals surface area contributed by atoms with E-state index in [1.54, 1.807) is 0 Å². The van der Waals surface area contributed by atoms with E-state index >= 15 is 0 Å². The van der Waals surface area contributed by atoms with Crippen molar-refractivity contribution in [2.75, 3.05) is 31.6 Å². The van der Waals surface area contributed by atoms with Crippen molar-refractivity contribution >= 4 is 33.2 Å². The van der Waals surface area contributed by atoms with Crippen LogP contribution in [0.5, 0.6) is 0 Å². The smallest absolute Gasteiger partial charge is 0.379 e. The molecule has 0 unspecified atom stereocenters. The zero-order valence-corrected chi connectivity index (χ0v) is 17.4. The van der Waals surface area contributed by atoms with Gasteiger partial charge in [0.15, 0.2) is 0 Å². The minimum atomic E-state index is -4.75. The number of benzene rings is 1. The van der Waals surface area contributed by atoms with Crippen molar-refractivity contribution in [1.29, 1.82) is 0 Å². The maximum absolute atomic E-state index is 12.9. The predicted octanol–water partition coefficient (Wildman–Crippen LogP) is 2.18. The van der Waals surface area contributed by atoms with Crippen molar-refractivity contribution in [3.63, 3.8) is 0 Å². The van der Waals surface area contributed by atoms with Crippen LogP contribution in [0.3, 0.4) is 0 Å². The largest absolute Gasteiger partial charge is 0.417 e. The lowest BCUT2D eigenvalue weighted by Gasteiger charge is -2.26. The number of ether oxygens (including phenoxy) is 1. The number of halogens is 4. The number of carbonyl (C=O) groups excluding carboxylic acids is 1. The molecule has 13 heteroatoms. The van der Waals surface area contributed by atoms with Crippen LogP contribution in [0, 0.1) is 0 Å². The molecule has 31 heavy (non-hydrogen) atoms. The highest BCUT2D eigenvalue weighted by molar-refractivity contribution is 7.89. The first-order chi connectivity index (χ1) is 14.5. The Hall–Kier alpha value is -2.41. The summed E-state index contributed by atoms with van der Waals surface area (Å²) in [5.41, 5.74) is -2.04. The number of hydrogen-bond donors (Lipinski definition) is 1. The Bertz CT molecular complexity index is 1140. The van der Waals surface area contributed by atoms with Crippen molar-refractivity contribution in [1.82, 2.24) is 8.87 Å². The van der Waals surface area contributed by atoms with Gasteiger partial charge in [-0.25, -0.2) is 8.42 Å². The maximum atomic E-state index is 12.9. The Morgan fingerprint density at radius 1 is 1.19 bits per heavy atom. The first-order valence-electron chi connectivity index (χ1n) is 8.93. The van der Waals surface area contributed by atoms with E-state index in [4.69, 9.17) is 16.3 Å². The van der Waals surface area contributed by atoms with Crippen LogP contribution < -0.4 is 10.9 Å². The van der Waals surface area contributed by atoms with E-state index in [-0.39, 0.29) is 36.9 Å². The van der Waals surface area contributed by atoms with E-state index in [9.17, 15) is 31.2 Å². The number of carbonyl (C=O) groups is 1. The Morgan fingerprint density at radius 3 is 2.52 bits per heavy atom. The highest BCUT2D eigenvalue weighted by atomic mass is 35.5. The average Bonchev–Trinajstić information content (AvgIpc) is 2.71. The van der Waals surface area contributed by atoms with Crippen molar-refractivity contribution in [3.8, 4) is 0 Å². The van der Waals surface area contributed by atoms with Crippen LogP contribution in [0.4, 0.5) is 18.9 Å². The lowest BCUT2D eigenvalue weighted by Crippen LogP contribution is -2.40. The lowest BCUT2D eigenvalue weighted by molar-refractivity contribution is -0.138. The molecule has 0 spiro atoms. The molecule has 1 amide bonds. The van der Waals surface area contributed by atoms with Crippen LogP contribution in [0.25, 0.3) is 0 Å². The molecule has 1 N–H and O–H groups in total. The third-order valence-electron chi connectivity index (χ3n) is 4.41. The zero-order chi connectivity index (χ0) is 22.8. The summed E-state index contributed by atoms with van der Waals surface area (Å²) in [5.74, 6) is -0.835. The molecule has 1 aromatic carbocycles. The summed E-state index contributed by atoms with van der Waals surface area (Å²) in [6.45, 7) is 0.174. The fourth-order valence-electron chi connectivity index (χ4n) is 2.90. The second-order valence-electron chi connectivity index (χ2n) is 6.60. The molecular weight excluding hydrogens is 463 g/mol. The number of pyridine rings is 1. The summed E-state index contributed by atoms with van der Waals surface area (Å²) in [7, 11) is -3.81. The Kier molecular flexibility index (Phi) is 6.74. The number of anilines is 1. The zero-order valence-electron chi connectivity index (χ0n) is 15.9. The fourth-order valence-corrected chi connectivity index (χ4v) is 4.58. The molecule has 0 radical (unpaired) electrons. The van der Waals surface area contributed by atoms with Gasteiger partial charge in [-0.3, -0.25) is 9.59 Å². The molecule has 1 aliphatic rings. The summed E-state index contributed by atoms with van der Waals surface area (Å²) < 4.78 is 71.2. The Morgan fingerprint density at radius 2 is 1.87 bits per heavy atom. The van der Waals surface area contributed by atoms with Crippen LogP contribution in [0.1, 0.15) is 5.56 Å². The van der Waals surface area contributed by atoms with Crippen molar-refractivity contribution in [2.45, 2.75) is 17.6 Å². The van der Waals surface area contributed by atoms with Gasteiger partial charge in [0.2, 0.25) is 15.9 Å². The molecule has 1 fully saturated rings. The summed E-state index contributed by atoms with van der Waals surface area (Å²) in [6, 6.07) is 5.90. The molecule has 0 bridgehead atoms. The van der Waals surface area contributed by atoms with Crippen LogP contribution in [0.2, 0.25) is 5.02 Å². The molecule has 2 heterocycles. The Labute approximate surface area is 180 Å². The van der Waals surface area contributed by atoms with Gasteiger partial charge >= 0.3 is 6.18 Å². The SMILES string of the molecule is O=C(Cn1cc(C(F)(F)F)cc(Cl)c1=O)Nc1cccc(S(=O)(=O)N2CCOCC2)c1. The summed E-state index contributed by atoms with van der Waals surface area (Å²) >= 11 is 5.57. The number of amides is 1. The van der Waals surface area contributed by atoms with Gasteiger partial charge in [0.1, 0.15) is 11.6 Å². The van der Waals surface area contributed by atoms with E-state index in [1.807, 2.05) is 0 Å². The second kappa shape index (κ2) is 8.99. The lowest BCUT2D eigenvalue weighted by atomic mass is 10.2. The number of aromatic nitrogens is 1. The third kappa shape index (κ3) is 5.45. The molecule has 3 rings (SSSR count). The molecule has 168 valence electrons. The third-order valence-corrected chi connectivity index (χ3v) is 6.57. The molecule has 1 aliphatic heterocycles. The normalized spacial score (nSPS) is 15.6. The molecular formula is C18H17ClF3N3O5S. The standard InChI is InChI=1S/C18H17ClF3N3O5S/c19-15-8-12(18(20,21)22)10-24(17(15)27)11-16(26)23-13-2-1-3-14(9-13)31(28,29)25-4-6-30-7-5-25/h1-3,8-10H,4-7,11H2,(H,23,26). The second-order valence-corrected chi connectivity index (χ2v) is 8.95. The molecule has 0 atom stereocenters. The number of hydrogen-bond acceptors (Lipinski definition) is 5. The highest BCUT2D eigenvalue weighted by Gasteiger charge is 2.32. The number of sulfonamides is 1. The monoisotopic (exact) mass is 479 g/mol. The first kappa shape index (κ1) is 23.3. The summed E-state index contributed by atoms with van der Waals surface area (Å²) in [5, 5.41) is 1.70. The number of morpholine rings is 1. The molecule has 8 nitrogen and oxygen atoms in total. The van der Waals surface area contributed by atoms with Gasteiger partial charge in [0.25, 0.3) is 5.56 Å². The van der Waals surface area contributed by atoms with Crippen LogP contribution in [-0.4, -0.2) is 49.5 Å². The summed E-state index contributed by atoms with van der Waals surface area (Å²) in [4.78, 5) is 24.2. The molecule has 0 saturated carbocycles. The maximum Gasteiger partial charge on any atom is 0.417 e. The molecule has 1 saturated heterocycles. The minimum absolute atomic E-state index is 0.0634. The fraction of sp³-hybridized carbons (Fsp3) is 0.333. The van der Waals surface area contributed by atoms with Gasteiger partial charge in [-0.2, -0.15) is 17.5 Å². The van der Waals surface area contributed by atoms with Gasteiger partial charge in [-0.1, -0.05) is 17.7 Å². The van der Waals surface area contributed by atoms with Gasteiger partial charge in [-0.05, 0) is 24.3 Å². The van der Waals surface area contributed by atoms with Gasteiger partial charge < -0.3 is 14.6 Å². The predicted molar refractivity (Wildman–Crippen MR) is 105 cm³/mol. The number of rotatable bonds is 5. The van der Waals surface area contributed by atoms with Crippen molar-refractivity contribution < 1.29 is 31.1 Å². The summed E-state index contributed by atoms with van der Waals surface area (Å²) in [6.07, 6.45) is -4.26. The van der Waals surface area contributed by atoms with Crippen LogP contribution >= 0.6 is 11.6 Å². The molecule has 0 aliphatic carbocycles. The molecule has 2 aromatic rings. The Balaban J connectivity index is 1.78. The number of nitrogens with zero attached hydrogens (tertiary/aromatic N) is 2. The van der Waals surface area contributed by atoms with Gasteiger partial charge in [-0.15, -0.1) is 0 Å². The van der Waals surface area contributed by atoms with Crippen molar-refractivity contribution in [2.24, 2.45) is 0 Å². The molecule has 1 aromatic heterocycles. The van der Waals surface area contributed by atoms with Gasteiger partial charge in [0, 0.05) is 25.0 Å². The van der Waals surface area contributed by atoms with E-state index in [1.165, 1.54) is 28.6 Å². The van der Waals surface area contributed by atoms with Crippen LogP contribution in [-0.2, 0) is 32.3 Å². The highest BCUT2D eigenvalue weighted by Crippen LogP contribution is 2.29. The van der Waals surface area contributed by atoms with Crippen LogP contribution in [0.15, 0.2) is 46.2 Å². The topological polar surface area (TPSA) is 97.7 Å².